The van der Waals surface area contributed by atoms with Crippen molar-refractivity contribution in [2.75, 3.05) is 6.61 Å². The summed E-state index contributed by atoms with van der Waals surface area (Å²) in [6.45, 7) is 2.21. The Bertz CT molecular complexity index is 338. The molecule has 2 unspecified atom stereocenters. The van der Waals surface area contributed by atoms with E-state index in [0.717, 1.165) is 38.5 Å². The first-order valence-electron chi connectivity index (χ1n) is 6.97. The Kier molecular flexibility index (Phi) is 4.29. The standard InChI is InChI=1S/C15H22O3/c1-3-15(10-9-12(2)18-15)11-17-14(16)13-7-5-4-6-8-13/h1,12-13H,4-11H2,2H3. The van der Waals surface area contributed by atoms with Crippen molar-refractivity contribution in [3.05, 3.63) is 0 Å². The summed E-state index contributed by atoms with van der Waals surface area (Å²) in [6, 6.07) is 0. The van der Waals surface area contributed by atoms with Gasteiger partial charge in [-0.05, 0) is 32.6 Å². The fourth-order valence-electron chi connectivity index (χ4n) is 2.84. The Labute approximate surface area is 109 Å². The van der Waals surface area contributed by atoms with Crippen molar-refractivity contribution in [2.24, 2.45) is 5.92 Å². The lowest BCUT2D eigenvalue weighted by molar-refractivity contribution is -0.156. The van der Waals surface area contributed by atoms with Crippen LogP contribution in [0.15, 0.2) is 0 Å². The summed E-state index contributed by atoms with van der Waals surface area (Å²) >= 11 is 0. The molecule has 0 aromatic rings. The van der Waals surface area contributed by atoms with Gasteiger partial charge in [-0.1, -0.05) is 25.2 Å². The highest BCUT2D eigenvalue weighted by molar-refractivity contribution is 5.72. The third kappa shape index (κ3) is 3.05. The van der Waals surface area contributed by atoms with E-state index in [1.54, 1.807) is 0 Å². The number of carbonyl (C=O) groups is 1. The molecule has 0 aromatic carbocycles. The van der Waals surface area contributed by atoms with Gasteiger partial charge in [0, 0.05) is 0 Å². The van der Waals surface area contributed by atoms with Crippen molar-refractivity contribution in [1.82, 2.24) is 0 Å². The fourth-order valence-corrected chi connectivity index (χ4v) is 2.84. The number of carbonyl (C=O) groups excluding carboxylic acids is 1. The maximum absolute atomic E-state index is 11.9. The minimum atomic E-state index is -0.677. The van der Waals surface area contributed by atoms with Gasteiger partial charge in [0.2, 0.25) is 0 Å². The largest absolute Gasteiger partial charge is 0.461 e. The molecule has 0 radical (unpaired) electrons. The van der Waals surface area contributed by atoms with Crippen molar-refractivity contribution in [3.8, 4) is 12.3 Å². The molecule has 1 aliphatic carbocycles. The van der Waals surface area contributed by atoms with Crippen molar-refractivity contribution in [3.63, 3.8) is 0 Å². The molecule has 100 valence electrons. The lowest BCUT2D eigenvalue weighted by Gasteiger charge is -2.25. The summed E-state index contributed by atoms with van der Waals surface area (Å²) in [5, 5.41) is 0. The Morgan fingerprint density at radius 1 is 1.39 bits per heavy atom. The molecule has 0 spiro atoms. The summed E-state index contributed by atoms with van der Waals surface area (Å²) in [6.07, 6.45) is 12.8. The van der Waals surface area contributed by atoms with Crippen molar-refractivity contribution < 1.29 is 14.3 Å². The molecule has 2 atom stereocenters. The number of terminal acetylenes is 1. The number of hydrogen-bond acceptors (Lipinski definition) is 3. The minimum absolute atomic E-state index is 0.0763. The van der Waals surface area contributed by atoms with Gasteiger partial charge in [0.25, 0.3) is 0 Å². The van der Waals surface area contributed by atoms with Crippen LogP contribution in [0.4, 0.5) is 0 Å². The Balaban J connectivity index is 1.83. The van der Waals surface area contributed by atoms with Crippen LogP contribution in [0, 0.1) is 18.3 Å². The van der Waals surface area contributed by atoms with Gasteiger partial charge in [-0.15, -0.1) is 6.42 Å². The summed E-state index contributed by atoms with van der Waals surface area (Å²) in [4.78, 5) is 11.9. The van der Waals surface area contributed by atoms with Gasteiger partial charge in [0.1, 0.15) is 6.61 Å². The molecule has 18 heavy (non-hydrogen) atoms. The van der Waals surface area contributed by atoms with E-state index in [1.807, 2.05) is 6.92 Å². The molecule has 3 heteroatoms. The van der Waals surface area contributed by atoms with Gasteiger partial charge in [0.05, 0.1) is 12.0 Å². The van der Waals surface area contributed by atoms with Gasteiger partial charge in [-0.25, -0.2) is 0 Å². The van der Waals surface area contributed by atoms with Crippen LogP contribution in [-0.2, 0) is 14.3 Å². The zero-order chi connectivity index (χ0) is 13.0. The summed E-state index contributed by atoms with van der Waals surface area (Å²) in [7, 11) is 0. The predicted octanol–water partition coefficient (Wildman–Crippen LogP) is 2.68. The Morgan fingerprint density at radius 3 is 2.67 bits per heavy atom. The molecular weight excluding hydrogens is 228 g/mol. The number of ether oxygens (including phenoxy) is 2. The van der Waals surface area contributed by atoms with E-state index in [-0.39, 0.29) is 24.6 Å². The van der Waals surface area contributed by atoms with Crippen LogP contribution in [-0.4, -0.2) is 24.3 Å². The van der Waals surface area contributed by atoms with E-state index in [1.165, 1.54) is 6.42 Å². The second-order valence-electron chi connectivity index (χ2n) is 5.55. The van der Waals surface area contributed by atoms with E-state index in [9.17, 15) is 4.79 Å². The predicted molar refractivity (Wildman–Crippen MR) is 68.9 cm³/mol. The molecule has 1 saturated carbocycles. The maximum Gasteiger partial charge on any atom is 0.309 e. The van der Waals surface area contributed by atoms with Crippen molar-refractivity contribution in [2.45, 2.75) is 63.6 Å². The highest BCUT2D eigenvalue weighted by Crippen LogP contribution is 2.31. The third-order valence-corrected chi connectivity index (χ3v) is 4.03. The van der Waals surface area contributed by atoms with Crippen LogP contribution in [0.25, 0.3) is 0 Å². The van der Waals surface area contributed by atoms with Crippen LogP contribution >= 0.6 is 0 Å². The molecule has 2 rings (SSSR count). The van der Waals surface area contributed by atoms with E-state index in [0.29, 0.717) is 0 Å². The Hall–Kier alpha value is -1.01. The monoisotopic (exact) mass is 250 g/mol. The lowest BCUT2D eigenvalue weighted by Crippen LogP contribution is -2.35. The van der Waals surface area contributed by atoms with Gasteiger partial charge in [0.15, 0.2) is 5.60 Å². The van der Waals surface area contributed by atoms with Crippen LogP contribution in [0.2, 0.25) is 0 Å². The second-order valence-corrected chi connectivity index (χ2v) is 5.55. The quantitative estimate of drug-likeness (QED) is 0.570. The first-order valence-corrected chi connectivity index (χ1v) is 6.97. The molecule has 0 bridgehead atoms. The van der Waals surface area contributed by atoms with Crippen molar-refractivity contribution >= 4 is 5.97 Å². The highest BCUT2D eigenvalue weighted by Gasteiger charge is 2.38. The summed E-state index contributed by atoms with van der Waals surface area (Å²) in [5.74, 6) is 2.65. The average Bonchev–Trinajstić information content (AvgIpc) is 2.79. The normalized spacial score (nSPS) is 33.0. The number of hydrogen-bond donors (Lipinski definition) is 0. The SMILES string of the molecule is C#CC1(COC(=O)C2CCCCC2)CCC(C)O1. The number of esters is 1. The topological polar surface area (TPSA) is 35.5 Å². The average molecular weight is 250 g/mol. The highest BCUT2D eigenvalue weighted by atomic mass is 16.6. The number of rotatable bonds is 3. The first kappa shape index (κ1) is 13.4. The molecule has 1 saturated heterocycles. The van der Waals surface area contributed by atoms with Crippen LogP contribution < -0.4 is 0 Å². The van der Waals surface area contributed by atoms with E-state index >= 15 is 0 Å². The minimum Gasteiger partial charge on any atom is -0.461 e. The van der Waals surface area contributed by atoms with Gasteiger partial charge < -0.3 is 9.47 Å². The second kappa shape index (κ2) is 5.75. The zero-order valence-electron chi connectivity index (χ0n) is 11.1. The summed E-state index contributed by atoms with van der Waals surface area (Å²) in [5.41, 5.74) is -0.677. The molecule has 0 amide bonds. The van der Waals surface area contributed by atoms with Gasteiger partial charge in [-0.3, -0.25) is 4.79 Å². The third-order valence-electron chi connectivity index (χ3n) is 4.03. The van der Waals surface area contributed by atoms with Gasteiger partial charge in [-0.2, -0.15) is 0 Å². The van der Waals surface area contributed by atoms with Crippen LogP contribution in [0.5, 0.6) is 0 Å². The molecule has 2 aliphatic rings. The van der Waals surface area contributed by atoms with Gasteiger partial charge >= 0.3 is 5.97 Å². The maximum atomic E-state index is 11.9. The molecule has 0 aromatic heterocycles. The molecule has 2 fully saturated rings. The van der Waals surface area contributed by atoms with E-state index in [4.69, 9.17) is 15.9 Å². The molecule has 0 N–H and O–H groups in total. The smallest absolute Gasteiger partial charge is 0.309 e. The Morgan fingerprint density at radius 2 is 2.11 bits per heavy atom. The molecular formula is C15H22O3. The van der Waals surface area contributed by atoms with E-state index < -0.39 is 5.60 Å². The van der Waals surface area contributed by atoms with Crippen LogP contribution in [0.3, 0.4) is 0 Å². The van der Waals surface area contributed by atoms with E-state index in [2.05, 4.69) is 5.92 Å². The first-order chi connectivity index (χ1) is 8.65. The summed E-state index contributed by atoms with van der Waals surface area (Å²) < 4.78 is 11.1. The molecule has 3 nitrogen and oxygen atoms in total. The van der Waals surface area contributed by atoms with Crippen molar-refractivity contribution in [1.29, 1.82) is 0 Å². The molecule has 1 heterocycles. The zero-order valence-corrected chi connectivity index (χ0v) is 11.1. The molecule has 1 aliphatic heterocycles. The fraction of sp³-hybridized carbons (Fsp3) is 0.800. The lowest BCUT2D eigenvalue weighted by atomic mass is 9.89. The van der Waals surface area contributed by atoms with Crippen LogP contribution in [0.1, 0.15) is 51.9 Å².